The molecule has 0 unspecified atom stereocenters. The van der Waals surface area contributed by atoms with Crippen molar-refractivity contribution in [2.24, 2.45) is 0 Å². The topological polar surface area (TPSA) is 102 Å². The summed E-state index contributed by atoms with van der Waals surface area (Å²) in [5.74, 6) is 1.74. The predicted octanol–water partition coefficient (Wildman–Crippen LogP) is 2.02. The molecule has 2 N–H and O–H groups in total. The van der Waals surface area contributed by atoms with Crippen molar-refractivity contribution in [3.05, 3.63) is 64.9 Å². The predicted molar refractivity (Wildman–Crippen MR) is 131 cm³/mol. The number of urea groups is 1. The van der Waals surface area contributed by atoms with Crippen LogP contribution in [0, 0.1) is 0 Å². The van der Waals surface area contributed by atoms with E-state index in [1.54, 1.807) is 7.11 Å². The van der Waals surface area contributed by atoms with Gasteiger partial charge < -0.3 is 29.6 Å². The van der Waals surface area contributed by atoms with E-state index in [9.17, 15) is 9.59 Å². The number of hydrogen-bond acceptors (Lipinski definition) is 8. The van der Waals surface area contributed by atoms with Crippen molar-refractivity contribution < 1.29 is 28.5 Å². The molecule has 0 aliphatic carbocycles. The normalized spacial score (nSPS) is 20.1. The van der Waals surface area contributed by atoms with Gasteiger partial charge in [0, 0.05) is 45.0 Å². The Bertz CT molecular complexity index is 1170. The van der Waals surface area contributed by atoms with E-state index < -0.39 is 12.0 Å². The Labute approximate surface area is 209 Å². The second-order valence-corrected chi connectivity index (χ2v) is 8.93. The van der Waals surface area contributed by atoms with Gasteiger partial charge in [-0.25, -0.2) is 9.59 Å². The van der Waals surface area contributed by atoms with Crippen molar-refractivity contribution in [3.63, 3.8) is 0 Å². The van der Waals surface area contributed by atoms with Gasteiger partial charge in [0.15, 0.2) is 11.5 Å². The number of hydrogen-bond donors (Lipinski definition) is 2. The number of benzene rings is 2. The third kappa shape index (κ3) is 5.09. The van der Waals surface area contributed by atoms with E-state index in [1.165, 1.54) is 12.7 Å². The Kier molecular flexibility index (Phi) is 6.97. The van der Waals surface area contributed by atoms with E-state index in [0.717, 1.165) is 49.8 Å². The van der Waals surface area contributed by atoms with Crippen LogP contribution in [0.2, 0.25) is 0 Å². The summed E-state index contributed by atoms with van der Waals surface area (Å²) in [6.07, 6.45) is 0. The molecule has 10 heteroatoms. The Balaban J connectivity index is 1.28. The Morgan fingerprint density at radius 1 is 1.00 bits per heavy atom. The zero-order chi connectivity index (χ0) is 25.1. The lowest BCUT2D eigenvalue weighted by atomic mass is 9.94. The first kappa shape index (κ1) is 24.0. The first-order valence-corrected chi connectivity index (χ1v) is 11.9. The average molecular weight is 495 g/mol. The summed E-state index contributed by atoms with van der Waals surface area (Å²) < 4.78 is 21.3. The lowest BCUT2D eigenvalue weighted by molar-refractivity contribution is -0.136. The van der Waals surface area contributed by atoms with Crippen molar-refractivity contribution in [2.75, 3.05) is 53.7 Å². The zero-order valence-corrected chi connectivity index (χ0v) is 20.4. The summed E-state index contributed by atoms with van der Waals surface area (Å²) in [4.78, 5) is 30.0. The minimum atomic E-state index is -0.636. The second kappa shape index (κ2) is 10.5. The van der Waals surface area contributed by atoms with Crippen LogP contribution in [0.25, 0.3) is 0 Å². The van der Waals surface area contributed by atoms with Crippen LogP contribution in [0.15, 0.2) is 53.7 Å². The van der Waals surface area contributed by atoms with Gasteiger partial charge in [-0.05, 0) is 35.4 Å². The first-order valence-electron chi connectivity index (χ1n) is 11.9. The lowest BCUT2D eigenvalue weighted by Crippen LogP contribution is -2.51. The van der Waals surface area contributed by atoms with Crippen molar-refractivity contribution in [1.29, 1.82) is 0 Å². The quantitative estimate of drug-likeness (QED) is 0.564. The van der Waals surface area contributed by atoms with Crippen molar-refractivity contribution >= 4 is 12.0 Å². The number of esters is 1. The molecule has 1 atom stereocenters. The molecule has 2 aromatic rings. The number of fused-ring (bicyclic) bond motifs is 1. The van der Waals surface area contributed by atoms with Gasteiger partial charge in [-0.3, -0.25) is 9.80 Å². The van der Waals surface area contributed by atoms with Gasteiger partial charge in [0.25, 0.3) is 0 Å². The van der Waals surface area contributed by atoms with Crippen LogP contribution in [0.4, 0.5) is 4.79 Å². The van der Waals surface area contributed by atoms with Crippen LogP contribution in [0.5, 0.6) is 17.2 Å². The van der Waals surface area contributed by atoms with E-state index in [-0.39, 0.29) is 12.8 Å². The Morgan fingerprint density at radius 3 is 2.50 bits per heavy atom. The van der Waals surface area contributed by atoms with Gasteiger partial charge in [-0.2, -0.15) is 0 Å². The van der Waals surface area contributed by atoms with Gasteiger partial charge in [-0.15, -0.1) is 0 Å². The van der Waals surface area contributed by atoms with Crippen LogP contribution < -0.4 is 24.8 Å². The second-order valence-electron chi connectivity index (χ2n) is 8.93. The largest absolute Gasteiger partial charge is 0.497 e. The summed E-state index contributed by atoms with van der Waals surface area (Å²) in [5.41, 5.74) is 2.88. The van der Waals surface area contributed by atoms with Crippen LogP contribution >= 0.6 is 0 Å². The lowest BCUT2D eigenvalue weighted by Gasteiger charge is -2.37. The first-order chi connectivity index (χ1) is 17.5. The average Bonchev–Trinajstić information content (AvgIpc) is 3.37. The fraction of sp³-hybridized carbons (Fsp3) is 0.385. The number of piperazine rings is 1. The molecular formula is C26H30N4O6. The molecule has 2 amide bonds. The maximum atomic E-state index is 12.9. The molecule has 5 rings (SSSR count). The third-order valence-electron chi connectivity index (χ3n) is 6.68. The molecular weight excluding hydrogens is 464 g/mol. The molecule has 190 valence electrons. The summed E-state index contributed by atoms with van der Waals surface area (Å²) in [5, 5.41) is 5.71. The number of rotatable bonds is 7. The summed E-state index contributed by atoms with van der Waals surface area (Å²) in [7, 11) is 2.93. The molecule has 3 heterocycles. The number of nitrogens with one attached hydrogen (secondary N) is 2. The Hall–Kier alpha value is -3.76. The van der Waals surface area contributed by atoms with Crippen LogP contribution in [-0.4, -0.2) is 75.5 Å². The molecule has 36 heavy (non-hydrogen) atoms. The number of ether oxygens (including phenoxy) is 4. The molecule has 0 bridgehead atoms. The molecule has 3 aliphatic rings. The minimum Gasteiger partial charge on any atom is -0.497 e. The Morgan fingerprint density at radius 2 is 1.75 bits per heavy atom. The number of methoxy groups -OCH3 is 2. The molecule has 1 saturated heterocycles. The van der Waals surface area contributed by atoms with E-state index in [2.05, 4.69) is 26.5 Å². The highest BCUT2D eigenvalue weighted by Crippen LogP contribution is 2.33. The molecule has 1 fully saturated rings. The van der Waals surface area contributed by atoms with Crippen LogP contribution in [0.1, 0.15) is 17.2 Å². The SMILES string of the molecule is COC(=O)C1=C(CN2CCN(Cc3ccc4c(c3)OCO4)CC2)NC(=O)N[C@H]1c1cccc(OC)c1. The molecule has 10 nitrogen and oxygen atoms in total. The fourth-order valence-corrected chi connectivity index (χ4v) is 4.79. The van der Waals surface area contributed by atoms with Gasteiger partial charge in [-0.1, -0.05) is 18.2 Å². The van der Waals surface area contributed by atoms with Crippen molar-refractivity contribution in [1.82, 2.24) is 20.4 Å². The summed E-state index contributed by atoms with van der Waals surface area (Å²) in [6.45, 7) is 4.85. The molecule has 0 saturated carbocycles. The van der Waals surface area contributed by atoms with Crippen molar-refractivity contribution in [2.45, 2.75) is 12.6 Å². The molecule has 0 aromatic heterocycles. The van der Waals surface area contributed by atoms with E-state index in [0.29, 0.717) is 23.6 Å². The number of carbonyl (C=O) groups is 2. The minimum absolute atomic E-state index is 0.269. The highest BCUT2D eigenvalue weighted by atomic mass is 16.7. The number of amides is 2. The van der Waals surface area contributed by atoms with E-state index >= 15 is 0 Å². The van der Waals surface area contributed by atoms with E-state index in [1.807, 2.05) is 36.4 Å². The van der Waals surface area contributed by atoms with Gasteiger partial charge >= 0.3 is 12.0 Å². The van der Waals surface area contributed by atoms with Gasteiger partial charge in [0.1, 0.15) is 5.75 Å². The number of carbonyl (C=O) groups excluding carboxylic acids is 2. The molecule has 3 aliphatic heterocycles. The summed E-state index contributed by atoms with van der Waals surface area (Å²) in [6, 6.07) is 12.4. The maximum Gasteiger partial charge on any atom is 0.338 e. The third-order valence-corrected chi connectivity index (χ3v) is 6.68. The smallest absolute Gasteiger partial charge is 0.338 e. The molecule has 0 radical (unpaired) electrons. The monoisotopic (exact) mass is 494 g/mol. The van der Waals surface area contributed by atoms with Crippen LogP contribution in [0.3, 0.4) is 0 Å². The van der Waals surface area contributed by atoms with Gasteiger partial charge in [0.2, 0.25) is 6.79 Å². The fourth-order valence-electron chi connectivity index (χ4n) is 4.79. The summed E-state index contributed by atoms with van der Waals surface area (Å²) >= 11 is 0. The van der Waals surface area contributed by atoms with E-state index in [4.69, 9.17) is 18.9 Å². The van der Waals surface area contributed by atoms with Crippen LogP contribution in [-0.2, 0) is 16.1 Å². The van der Waals surface area contributed by atoms with Crippen molar-refractivity contribution in [3.8, 4) is 17.2 Å². The molecule has 2 aromatic carbocycles. The highest BCUT2D eigenvalue weighted by molar-refractivity contribution is 5.95. The zero-order valence-electron chi connectivity index (χ0n) is 20.4. The highest BCUT2D eigenvalue weighted by Gasteiger charge is 2.34. The number of nitrogens with zero attached hydrogens (tertiary/aromatic N) is 2. The molecule has 0 spiro atoms. The van der Waals surface area contributed by atoms with Gasteiger partial charge in [0.05, 0.1) is 25.8 Å². The maximum absolute atomic E-state index is 12.9. The standard InChI is InChI=1S/C26H30N4O6/c1-33-19-5-3-4-18(13-19)24-23(25(31)34-2)20(27-26(32)28-24)15-30-10-8-29(9-11-30)14-17-6-7-21-22(12-17)36-16-35-21/h3-7,12-13,24H,8-11,14-16H2,1-2H3,(H2,27,28,32)/t24-/m0/s1.